The van der Waals surface area contributed by atoms with E-state index in [4.69, 9.17) is 0 Å². The molecular weight excluding hydrogens is 316 g/mol. The molecule has 0 bridgehead atoms. The van der Waals surface area contributed by atoms with E-state index >= 15 is 0 Å². The second-order valence-corrected chi connectivity index (χ2v) is 3.19. The molecule has 8 heteroatoms. The summed E-state index contributed by atoms with van der Waals surface area (Å²) in [4.78, 5) is 5.45. The summed E-state index contributed by atoms with van der Waals surface area (Å²) in [7, 11) is 0. The number of aromatic amines is 1. The molecule has 12 heavy (non-hydrogen) atoms. The molecule has 0 spiro atoms. The predicted octanol–water partition coefficient (Wildman–Crippen LogP) is 0.0700. The summed E-state index contributed by atoms with van der Waals surface area (Å²) in [6.45, 7) is 0. The number of rotatable bonds is 0. The van der Waals surface area contributed by atoms with Crippen LogP contribution in [0.15, 0.2) is 9.34 Å². The van der Waals surface area contributed by atoms with E-state index < -0.39 is 11.9 Å². The van der Waals surface area contributed by atoms with Crippen molar-refractivity contribution in [2.45, 2.75) is 6.18 Å². The van der Waals surface area contributed by atoms with Crippen molar-refractivity contribution in [3.63, 3.8) is 0 Å². The van der Waals surface area contributed by atoms with Crippen LogP contribution in [0.2, 0.25) is 0 Å². The van der Waals surface area contributed by atoms with Gasteiger partial charge in [0.05, 0.1) is 0 Å². The van der Waals surface area contributed by atoms with Crippen molar-refractivity contribution in [3.8, 4) is 0 Å². The summed E-state index contributed by atoms with van der Waals surface area (Å²) >= 11 is 5.44. The molecular formula is C4H2Br2F3N2Na. The normalized spacial score (nSPS) is 11.1. The average Bonchev–Trinajstić information content (AvgIpc) is 2.08. The fourth-order valence-corrected chi connectivity index (χ4v) is 1.63. The summed E-state index contributed by atoms with van der Waals surface area (Å²) < 4.78 is 35.6. The molecule has 0 aliphatic heterocycles. The van der Waals surface area contributed by atoms with Gasteiger partial charge >= 0.3 is 35.7 Å². The Morgan fingerprint density at radius 2 is 1.83 bits per heavy atom. The fraction of sp³-hybridized carbons (Fsp3) is 0.250. The Labute approximate surface area is 106 Å². The maximum Gasteiger partial charge on any atom is 1.00 e. The molecule has 0 atom stereocenters. The molecule has 0 saturated heterocycles. The third-order valence-electron chi connectivity index (χ3n) is 0.914. The molecule has 1 rings (SSSR count). The van der Waals surface area contributed by atoms with Gasteiger partial charge in [-0.2, -0.15) is 13.2 Å². The minimum atomic E-state index is -4.39. The number of hydrogen-bond acceptors (Lipinski definition) is 1. The van der Waals surface area contributed by atoms with E-state index in [-0.39, 0.29) is 40.3 Å². The number of imidazole rings is 1. The van der Waals surface area contributed by atoms with E-state index in [9.17, 15) is 13.2 Å². The van der Waals surface area contributed by atoms with E-state index in [1.54, 1.807) is 0 Å². The van der Waals surface area contributed by atoms with Crippen molar-refractivity contribution < 1.29 is 44.2 Å². The van der Waals surface area contributed by atoms with Gasteiger partial charge < -0.3 is 6.41 Å². The van der Waals surface area contributed by atoms with Gasteiger partial charge in [-0.3, -0.25) is 0 Å². The van der Waals surface area contributed by atoms with E-state index in [2.05, 4.69) is 36.8 Å². The van der Waals surface area contributed by atoms with E-state index in [1.165, 1.54) is 0 Å². The standard InChI is InChI=1S/C4HBr2F3N2.Na.H/c5-2-1(4(7,8)9)10-3(6)11-2;;/h(H,10,11);;/q;+1;-1. The molecule has 1 heterocycles. The van der Waals surface area contributed by atoms with Crippen LogP contribution in [-0.4, -0.2) is 9.97 Å². The summed E-state index contributed by atoms with van der Waals surface area (Å²) in [5, 5.41) is 0. The van der Waals surface area contributed by atoms with Gasteiger partial charge in [-0.1, -0.05) is 0 Å². The molecule has 64 valence electrons. The van der Waals surface area contributed by atoms with Gasteiger partial charge in [0.25, 0.3) is 0 Å². The van der Waals surface area contributed by atoms with Gasteiger partial charge in [0.2, 0.25) is 0 Å². The maximum atomic E-state index is 11.9. The number of hydrogen-bond donors (Lipinski definition) is 1. The predicted molar refractivity (Wildman–Crippen MR) is 40.1 cm³/mol. The minimum Gasteiger partial charge on any atom is -1.00 e. The smallest absolute Gasteiger partial charge is 1.00 e. The van der Waals surface area contributed by atoms with E-state index in [0.717, 1.165) is 0 Å². The molecule has 0 aliphatic rings. The minimum absolute atomic E-state index is 0. The molecule has 0 amide bonds. The van der Waals surface area contributed by atoms with Crippen LogP contribution in [0.25, 0.3) is 0 Å². The number of halogens is 5. The van der Waals surface area contributed by atoms with Crippen LogP contribution >= 0.6 is 31.9 Å². The number of nitrogens with one attached hydrogen (secondary N) is 1. The monoisotopic (exact) mass is 316 g/mol. The molecule has 0 aromatic carbocycles. The first-order valence-corrected chi connectivity index (χ1v) is 3.98. The van der Waals surface area contributed by atoms with E-state index in [1.807, 2.05) is 4.98 Å². The van der Waals surface area contributed by atoms with Crippen LogP contribution in [-0.2, 0) is 6.18 Å². The number of alkyl halides is 3. The molecule has 0 unspecified atom stereocenters. The third kappa shape index (κ3) is 3.02. The van der Waals surface area contributed by atoms with Gasteiger partial charge in [-0.15, -0.1) is 0 Å². The Morgan fingerprint density at radius 3 is 2.00 bits per heavy atom. The van der Waals surface area contributed by atoms with Crippen molar-refractivity contribution >= 4 is 31.9 Å². The third-order valence-corrected chi connectivity index (χ3v) is 1.86. The SMILES string of the molecule is FC(F)(F)c1[nH]c(Br)nc1Br.[H-].[Na+]. The van der Waals surface area contributed by atoms with Crippen LogP contribution in [0.5, 0.6) is 0 Å². The zero-order valence-electron chi connectivity index (χ0n) is 6.84. The Kier molecular flexibility index (Phi) is 4.81. The Hall–Kier alpha value is 0.960. The van der Waals surface area contributed by atoms with Crippen LogP contribution in [0.3, 0.4) is 0 Å². The van der Waals surface area contributed by atoms with Crippen molar-refractivity contribution in [1.29, 1.82) is 0 Å². The Balaban J connectivity index is 0. The first kappa shape index (κ1) is 13.0. The second-order valence-electron chi connectivity index (χ2n) is 1.69. The summed E-state index contributed by atoms with van der Waals surface area (Å²) in [6.07, 6.45) is -4.39. The van der Waals surface area contributed by atoms with E-state index in [0.29, 0.717) is 0 Å². The topological polar surface area (TPSA) is 28.7 Å². The zero-order valence-corrected chi connectivity index (χ0v) is 11.0. The fourth-order valence-electron chi connectivity index (χ4n) is 0.513. The number of H-pyrrole nitrogens is 1. The molecule has 0 radical (unpaired) electrons. The quantitative estimate of drug-likeness (QED) is 0.674. The summed E-state index contributed by atoms with van der Waals surface area (Å²) in [5.41, 5.74) is -0.885. The number of nitrogens with zero attached hydrogens (tertiary/aromatic N) is 1. The summed E-state index contributed by atoms with van der Waals surface area (Å²) in [6, 6.07) is 0. The molecule has 1 N–H and O–H groups in total. The van der Waals surface area contributed by atoms with Gasteiger partial charge in [0.15, 0.2) is 10.4 Å². The van der Waals surface area contributed by atoms with Gasteiger partial charge in [0, 0.05) is 0 Å². The maximum absolute atomic E-state index is 11.9. The van der Waals surface area contributed by atoms with Gasteiger partial charge in [-0.05, 0) is 31.9 Å². The molecule has 2 nitrogen and oxygen atoms in total. The van der Waals surface area contributed by atoms with Crippen molar-refractivity contribution in [3.05, 3.63) is 15.0 Å². The van der Waals surface area contributed by atoms with Gasteiger partial charge in [0.1, 0.15) is 4.60 Å². The van der Waals surface area contributed by atoms with Crippen LogP contribution in [0.4, 0.5) is 13.2 Å². The van der Waals surface area contributed by atoms with Crippen molar-refractivity contribution in [1.82, 2.24) is 9.97 Å². The molecule has 1 aromatic rings. The van der Waals surface area contributed by atoms with Gasteiger partial charge in [-0.25, -0.2) is 4.98 Å². The zero-order chi connectivity index (χ0) is 8.65. The van der Waals surface area contributed by atoms with Crippen molar-refractivity contribution in [2.24, 2.45) is 0 Å². The average molecular weight is 318 g/mol. The molecule has 0 saturated carbocycles. The molecule has 0 aliphatic carbocycles. The van der Waals surface area contributed by atoms with Crippen molar-refractivity contribution in [2.75, 3.05) is 0 Å². The first-order valence-electron chi connectivity index (χ1n) is 2.39. The van der Waals surface area contributed by atoms with Crippen LogP contribution < -0.4 is 29.6 Å². The van der Waals surface area contributed by atoms with Crippen LogP contribution in [0.1, 0.15) is 7.12 Å². The Morgan fingerprint density at radius 1 is 1.33 bits per heavy atom. The largest absolute Gasteiger partial charge is 1.00 e. The van der Waals surface area contributed by atoms with Crippen LogP contribution in [0, 0.1) is 0 Å². The molecule has 0 fully saturated rings. The number of aromatic nitrogens is 2. The first-order chi connectivity index (χ1) is 4.91. The second kappa shape index (κ2) is 4.45. The molecule has 1 aromatic heterocycles. The Bertz CT molecular complexity index is 277. The summed E-state index contributed by atoms with van der Waals surface area (Å²) in [5.74, 6) is 0.